The number of Topliss-reactive ketones (excluding diaryl/α,β-unsaturated/α-hetero) is 1. The van der Waals surface area contributed by atoms with Crippen LogP contribution in [0.3, 0.4) is 0 Å². The van der Waals surface area contributed by atoms with Crippen LogP contribution in [-0.2, 0) is 28.8 Å². The molecule has 0 bridgehead atoms. The second kappa shape index (κ2) is 9.72. The molecule has 0 aliphatic carbocycles. The van der Waals surface area contributed by atoms with Crippen LogP contribution in [0, 0.1) is 0 Å². The van der Waals surface area contributed by atoms with Crippen LogP contribution in [0.25, 0.3) is 0 Å². The number of thioether (sulfide) groups is 2. The van der Waals surface area contributed by atoms with Gasteiger partial charge < -0.3 is 16.0 Å². The van der Waals surface area contributed by atoms with Crippen molar-refractivity contribution in [3.63, 3.8) is 0 Å². The standard InChI is InChI=1S/C15H19N3O6S2/c19-10-1-2-11(20)17-8(10)6-25-13(22)3-4-14(23)26-7-9-15(24)16-5-12(21)18-9/h8-9H,1-7H2,(H,16,24)(H,17,20)(H,18,21)/t8-,9-/m0/s1. The molecular formula is C15H19N3O6S2. The van der Waals surface area contributed by atoms with Crippen LogP contribution >= 0.6 is 23.5 Å². The Labute approximate surface area is 158 Å². The normalized spacial score (nSPS) is 23.1. The number of hydrogen-bond acceptors (Lipinski definition) is 8. The highest BCUT2D eigenvalue weighted by Gasteiger charge is 2.28. The predicted molar refractivity (Wildman–Crippen MR) is 95.3 cm³/mol. The minimum atomic E-state index is -0.754. The largest absolute Gasteiger partial charge is 0.345 e. The summed E-state index contributed by atoms with van der Waals surface area (Å²) in [4.78, 5) is 69.3. The van der Waals surface area contributed by atoms with Crippen molar-refractivity contribution in [1.29, 1.82) is 0 Å². The molecule has 0 radical (unpaired) electrons. The summed E-state index contributed by atoms with van der Waals surface area (Å²) in [5.74, 6) is -0.661. The Morgan fingerprint density at radius 3 is 2.08 bits per heavy atom. The van der Waals surface area contributed by atoms with Crippen molar-refractivity contribution in [2.24, 2.45) is 0 Å². The summed E-state index contributed by atoms with van der Waals surface area (Å²) < 4.78 is 0. The van der Waals surface area contributed by atoms with E-state index in [4.69, 9.17) is 0 Å². The van der Waals surface area contributed by atoms with Crippen molar-refractivity contribution in [1.82, 2.24) is 16.0 Å². The fourth-order valence-electron chi connectivity index (χ4n) is 2.31. The summed E-state index contributed by atoms with van der Waals surface area (Å²) in [5, 5.41) is 6.96. The van der Waals surface area contributed by atoms with E-state index < -0.39 is 12.1 Å². The smallest absolute Gasteiger partial charge is 0.243 e. The maximum absolute atomic E-state index is 11.8. The molecule has 2 aliphatic rings. The van der Waals surface area contributed by atoms with Gasteiger partial charge in [0.05, 0.1) is 12.6 Å². The van der Waals surface area contributed by atoms with Gasteiger partial charge >= 0.3 is 0 Å². The third kappa shape index (κ3) is 6.45. The number of rotatable bonds is 7. The summed E-state index contributed by atoms with van der Waals surface area (Å²) in [7, 11) is 0. The van der Waals surface area contributed by atoms with Gasteiger partial charge in [0, 0.05) is 37.2 Å². The van der Waals surface area contributed by atoms with Crippen molar-refractivity contribution in [2.45, 2.75) is 37.8 Å². The lowest BCUT2D eigenvalue weighted by molar-refractivity contribution is -0.133. The van der Waals surface area contributed by atoms with E-state index >= 15 is 0 Å². The minimum Gasteiger partial charge on any atom is -0.345 e. The van der Waals surface area contributed by atoms with E-state index in [1.807, 2.05) is 0 Å². The molecule has 2 fully saturated rings. The first-order chi connectivity index (χ1) is 12.3. The topological polar surface area (TPSA) is 139 Å². The molecule has 2 rings (SSSR count). The van der Waals surface area contributed by atoms with Crippen molar-refractivity contribution >= 4 is 57.3 Å². The molecule has 0 aromatic rings. The molecule has 2 atom stereocenters. The number of carbonyl (C=O) groups excluding carboxylic acids is 6. The SMILES string of the molecule is O=C1CCC(=O)[C@H](CSC(=O)CCC(=O)SC[C@@H]2NC(=O)CNC2=O)N1. The summed E-state index contributed by atoms with van der Waals surface area (Å²) in [6.45, 7) is -0.0659. The number of ketones is 1. The van der Waals surface area contributed by atoms with E-state index in [1.165, 1.54) is 0 Å². The molecule has 3 amide bonds. The second-order valence-electron chi connectivity index (χ2n) is 5.79. The van der Waals surface area contributed by atoms with E-state index in [0.717, 1.165) is 23.5 Å². The lowest BCUT2D eigenvalue weighted by Crippen LogP contribution is -2.57. The van der Waals surface area contributed by atoms with Gasteiger partial charge in [0.1, 0.15) is 6.04 Å². The zero-order valence-electron chi connectivity index (χ0n) is 13.9. The Kier molecular flexibility index (Phi) is 7.64. The Bertz CT molecular complexity index is 585. The van der Waals surface area contributed by atoms with Gasteiger partial charge in [-0.1, -0.05) is 23.5 Å². The number of nitrogens with one attached hydrogen (secondary N) is 3. The molecule has 0 saturated carbocycles. The van der Waals surface area contributed by atoms with E-state index in [2.05, 4.69) is 16.0 Å². The Balaban J connectivity index is 1.63. The maximum Gasteiger partial charge on any atom is 0.243 e. The summed E-state index contributed by atoms with van der Waals surface area (Å²) in [6, 6.07) is -1.40. The number of amides is 3. The first-order valence-corrected chi connectivity index (χ1v) is 10.0. The quantitative estimate of drug-likeness (QED) is 0.481. The van der Waals surface area contributed by atoms with Gasteiger partial charge in [-0.05, 0) is 0 Å². The Morgan fingerprint density at radius 1 is 0.846 bits per heavy atom. The molecule has 0 aromatic heterocycles. The molecule has 2 aliphatic heterocycles. The van der Waals surface area contributed by atoms with Crippen LogP contribution in [0.15, 0.2) is 0 Å². The third-order valence-corrected chi connectivity index (χ3v) is 5.80. The third-order valence-electron chi connectivity index (χ3n) is 3.75. The second-order valence-corrected chi connectivity index (χ2v) is 7.95. The Morgan fingerprint density at radius 2 is 1.42 bits per heavy atom. The summed E-state index contributed by atoms with van der Waals surface area (Å²) in [5.41, 5.74) is 0. The van der Waals surface area contributed by atoms with Crippen molar-refractivity contribution in [3.8, 4) is 0 Å². The van der Waals surface area contributed by atoms with Crippen molar-refractivity contribution in [3.05, 3.63) is 0 Å². The fourth-order valence-corrected chi connectivity index (χ4v) is 4.01. The molecule has 0 aromatic carbocycles. The number of carbonyl (C=O) groups is 6. The van der Waals surface area contributed by atoms with Crippen LogP contribution in [0.4, 0.5) is 0 Å². The molecule has 2 heterocycles. The zero-order valence-corrected chi connectivity index (χ0v) is 15.5. The molecular weight excluding hydrogens is 382 g/mol. The van der Waals surface area contributed by atoms with E-state index in [0.29, 0.717) is 0 Å². The highest BCUT2D eigenvalue weighted by molar-refractivity contribution is 8.14. The van der Waals surface area contributed by atoms with Gasteiger partial charge in [-0.2, -0.15) is 0 Å². The lowest BCUT2D eigenvalue weighted by Gasteiger charge is -2.22. The first kappa shape index (κ1) is 20.4. The van der Waals surface area contributed by atoms with E-state index in [1.54, 1.807) is 0 Å². The molecule has 0 unspecified atom stereocenters. The van der Waals surface area contributed by atoms with Crippen LogP contribution in [-0.4, -0.2) is 63.9 Å². The monoisotopic (exact) mass is 401 g/mol. The van der Waals surface area contributed by atoms with Crippen molar-refractivity contribution in [2.75, 3.05) is 18.1 Å². The highest BCUT2D eigenvalue weighted by Crippen LogP contribution is 2.16. The number of hydrogen-bond donors (Lipinski definition) is 3. The fraction of sp³-hybridized carbons (Fsp3) is 0.600. The number of piperazine rings is 1. The van der Waals surface area contributed by atoms with Gasteiger partial charge in [-0.3, -0.25) is 28.8 Å². The van der Waals surface area contributed by atoms with E-state index in [9.17, 15) is 28.8 Å². The molecule has 9 nitrogen and oxygen atoms in total. The summed E-state index contributed by atoms with van der Waals surface area (Å²) >= 11 is 1.81. The average molecular weight is 401 g/mol. The molecule has 11 heteroatoms. The van der Waals surface area contributed by atoms with Crippen LogP contribution in [0.1, 0.15) is 25.7 Å². The van der Waals surface area contributed by atoms with Crippen molar-refractivity contribution < 1.29 is 28.8 Å². The lowest BCUT2D eigenvalue weighted by atomic mass is 10.0. The highest BCUT2D eigenvalue weighted by atomic mass is 32.2. The van der Waals surface area contributed by atoms with Crippen LogP contribution < -0.4 is 16.0 Å². The predicted octanol–water partition coefficient (Wildman–Crippen LogP) is -1.25. The molecule has 142 valence electrons. The Hall–Kier alpha value is -1.88. The van der Waals surface area contributed by atoms with Gasteiger partial charge in [-0.25, -0.2) is 0 Å². The van der Waals surface area contributed by atoms with E-state index in [-0.39, 0.29) is 77.5 Å². The van der Waals surface area contributed by atoms with Gasteiger partial charge in [-0.15, -0.1) is 0 Å². The van der Waals surface area contributed by atoms with Gasteiger partial charge in [0.2, 0.25) is 17.7 Å². The average Bonchev–Trinajstić information content (AvgIpc) is 2.61. The minimum absolute atomic E-state index is 0.00373. The molecule has 26 heavy (non-hydrogen) atoms. The summed E-state index contributed by atoms with van der Waals surface area (Å²) in [6.07, 6.45) is 0.378. The van der Waals surface area contributed by atoms with Gasteiger partial charge in [0.25, 0.3) is 0 Å². The van der Waals surface area contributed by atoms with Crippen LogP contribution in [0.2, 0.25) is 0 Å². The molecule has 0 spiro atoms. The van der Waals surface area contributed by atoms with Gasteiger partial charge in [0.15, 0.2) is 16.0 Å². The molecule has 2 saturated heterocycles. The molecule has 3 N–H and O–H groups in total. The van der Waals surface area contributed by atoms with Crippen LogP contribution in [0.5, 0.6) is 0 Å². The first-order valence-electron chi connectivity index (χ1n) is 8.05. The zero-order chi connectivity index (χ0) is 19.1. The maximum atomic E-state index is 11.8. The number of piperidine rings is 1.